The number of unbranched alkanes of at least 4 members (excludes halogenated alkanes) is 14. The molecule has 12 nitrogen and oxygen atoms in total. The number of rotatable bonds is 34. The summed E-state index contributed by atoms with van der Waals surface area (Å²) in [6.07, 6.45) is 17.6. The zero-order chi connectivity index (χ0) is 40.2. The van der Waals surface area contributed by atoms with Crippen LogP contribution < -0.4 is 9.47 Å². The maximum absolute atomic E-state index is 14.3. The number of hydrogen-bond acceptors (Lipinski definition) is 12. The van der Waals surface area contributed by atoms with E-state index in [2.05, 4.69) is 13.8 Å². The number of carbonyl (C=O) groups is 2. The predicted molar refractivity (Wildman–Crippen MR) is 214 cm³/mol. The minimum Gasteiger partial charge on any atom is -0.474 e. The summed E-state index contributed by atoms with van der Waals surface area (Å²) in [5, 5.41) is 0. The Morgan fingerprint density at radius 3 is 1.02 bits per heavy atom. The van der Waals surface area contributed by atoms with Gasteiger partial charge in [0.15, 0.2) is 23.2 Å². The Bertz CT molecular complexity index is 1160. The number of benzene rings is 1. The summed E-state index contributed by atoms with van der Waals surface area (Å²) < 4.78 is 74.9. The zero-order valence-electron chi connectivity index (χ0n) is 34.7. The summed E-state index contributed by atoms with van der Waals surface area (Å²) in [5.74, 6) is -3.90. The third-order valence-corrected chi connectivity index (χ3v) is 13.6. The van der Waals surface area contributed by atoms with Crippen molar-refractivity contribution in [3.8, 4) is 11.5 Å². The van der Waals surface area contributed by atoms with E-state index in [1.165, 1.54) is 77.7 Å². The first-order valence-corrected chi connectivity index (χ1v) is 23.7. The second kappa shape index (κ2) is 29.3. The Labute approximate surface area is 326 Å². The highest BCUT2D eigenvalue weighted by atomic mass is 31.2. The van der Waals surface area contributed by atoms with Crippen LogP contribution in [0.2, 0.25) is 0 Å². The van der Waals surface area contributed by atoms with Gasteiger partial charge in [0.2, 0.25) is 0 Å². The van der Waals surface area contributed by atoms with Crippen molar-refractivity contribution in [3.05, 3.63) is 23.3 Å². The molecular formula is C40H72O12P2. The van der Waals surface area contributed by atoms with Crippen molar-refractivity contribution in [1.82, 2.24) is 0 Å². The Balaban J connectivity index is 3.72. The molecule has 0 aliphatic rings. The molecule has 0 aliphatic heterocycles. The molecule has 0 N–H and O–H groups in total. The minimum absolute atomic E-state index is 0.0345. The summed E-state index contributed by atoms with van der Waals surface area (Å²) >= 11 is 0. The molecule has 0 aromatic heterocycles. The highest BCUT2D eigenvalue weighted by molar-refractivity contribution is 7.54. The highest BCUT2D eigenvalue weighted by Gasteiger charge is 2.41. The molecule has 1 aromatic rings. The largest absolute Gasteiger partial charge is 0.474 e. The lowest BCUT2D eigenvalue weighted by atomic mass is 10.1. The molecule has 14 heteroatoms. The van der Waals surface area contributed by atoms with Crippen molar-refractivity contribution >= 4 is 27.1 Å². The van der Waals surface area contributed by atoms with E-state index in [4.69, 9.17) is 37.0 Å². The Morgan fingerprint density at radius 1 is 0.481 bits per heavy atom. The monoisotopic (exact) mass is 806 g/mol. The summed E-state index contributed by atoms with van der Waals surface area (Å²) in [5.41, 5.74) is -0.310. The molecule has 2 unspecified atom stereocenters. The van der Waals surface area contributed by atoms with E-state index in [0.717, 1.165) is 38.5 Å². The molecule has 0 amide bonds. The van der Waals surface area contributed by atoms with Crippen LogP contribution in [0.3, 0.4) is 0 Å². The van der Waals surface area contributed by atoms with Gasteiger partial charge in [0.1, 0.15) is 0 Å². The normalized spacial score (nSPS) is 13.0. The van der Waals surface area contributed by atoms with Gasteiger partial charge >= 0.3 is 27.1 Å². The molecular weight excluding hydrogens is 734 g/mol. The van der Waals surface area contributed by atoms with E-state index < -0.39 is 38.8 Å². The maximum Gasteiger partial charge on any atom is 0.370 e. The molecule has 0 heterocycles. The summed E-state index contributed by atoms with van der Waals surface area (Å²) in [6.45, 7) is 11.7. The molecule has 54 heavy (non-hydrogen) atoms. The quantitative estimate of drug-likeness (QED) is 0.0371. The molecule has 0 radical (unpaired) electrons. The third kappa shape index (κ3) is 17.9. The first-order valence-electron chi connectivity index (χ1n) is 20.5. The van der Waals surface area contributed by atoms with E-state index in [0.29, 0.717) is 25.7 Å². The third-order valence-electron chi connectivity index (χ3n) is 8.97. The first kappa shape index (κ1) is 50.1. The van der Waals surface area contributed by atoms with Crippen LogP contribution in [-0.4, -0.2) is 64.3 Å². The summed E-state index contributed by atoms with van der Waals surface area (Å²) in [6, 6.07) is 2.60. The van der Waals surface area contributed by atoms with Gasteiger partial charge < -0.3 is 37.0 Å². The zero-order valence-corrected chi connectivity index (χ0v) is 36.4. The first-order chi connectivity index (χ1) is 26.0. The fourth-order valence-electron chi connectivity index (χ4n) is 6.19. The van der Waals surface area contributed by atoms with Crippen LogP contribution in [0.1, 0.15) is 178 Å². The average Bonchev–Trinajstić information content (AvgIpc) is 3.15. The Morgan fingerprint density at radius 2 is 0.759 bits per heavy atom. The topological polar surface area (TPSA) is 142 Å². The van der Waals surface area contributed by atoms with Crippen LogP contribution in [0.4, 0.5) is 0 Å². The lowest BCUT2D eigenvalue weighted by Crippen LogP contribution is -2.24. The van der Waals surface area contributed by atoms with Gasteiger partial charge in [-0.15, -0.1) is 0 Å². The number of methoxy groups -OCH3 is 2. The van der Waals surface area contributed by atoms with Gasteiger partial charge in [-0.2, -0.15) is 0 Å². The van der Waals surface area contributed by atoms with Crippen LogP contribution in [0.5, 0.6) is 11.5 Å². The van der Waals surface area contributed by atoms with Crippen LogP contribution in [0.25, 0.3) is 0 Å². The van der Waals surface area contributed by atoms with Crippen molar-refractivity contribution in [2.45, 2.75) is 169 Å². The lowest BCUT2D eigenvalue weighted by Gasteiger charge is -2.30. The van der Waals surface area contributed by atoms with Gasteiger partial charge in [0.05, 0.1) is 51.8 Å². The molecule has 2 atom stereocenters. The maximum atomic E-state index is 14.3. The molecule has 1 aromatic carbocycles. The fourth-order valence-corrected chi connectivity index (χ4v) is 9.93. The number of esters is 2. The van der Waals surface area contributed by atoms with E-state index in [9.17, 15) is 18.7 Å². The smallest absolute Gasteiger partial charge is 0.370 e. The average molecular weight is 807 g/mol. The summed E-state index contributed by atoms with van der Waals surface area (Å²) in [4.78, 5) is 26.1. The predicted octanol–water partition coefficient (Wildman–Crippen LogP) is 12.3. The molecule has 0 saturated carbocycles. The molecule has 0 spiro atoms. The highest BCUT2D eigenvalue weighted by Crippen LogP contribution is 2.58. The number of hydrogen-bond donors (Lipinski definition) is 0. The van der Waals surface area contributed by atoms with Crippen molar-refractivity contribution in [1.29, 1.82) is 0 Å². The van der Waals surface area contributed by atoms with Crippen molar-refractivity contribution < 1.29 is 55.8 Å². The van der Waals surface area contributed by atoms with Crippen LogP contribution in [0.15, 0.2) is 12.1 Å². The standard InChI is InChI=1S/C40H72O12P2/c1-9-15-17-19-21-23-25-27-29-37(53(43,47-11-3)48-12-4)51-35-31-33(39(41)45-7)34(40(42)46-8)32-36(35)52-38(54(44,49-13-5)50-14-6)30-28-26-24-22-20-18-16-10-2/h31-32,37-38H,9-30H2,1-8H3. The van der Waals surface area contributed by atoms with Crippen molar-refractivity contribution in [3.63, 3.8) is 0 Å². The SMILES string of the molecule is CCCCCCCCCCC(Oc1cc(C(=O)OC)c(C(=O)OC)cc1OC(CCCCCCCCCC)P(=O)(OCC)OCC)P(=O)(OCC)OCC. The van der Waals surface area contributed by atoms with Gasteiger partial charge in [-0.05, 0) is 65.5 Å². The molecule has 314 valence electrons. The second-order valence-corrected chi connectivity index (χ2v) is 17.6. The number of carbonyl (C=O) groups excluding carboxylic acids is 2. The van der Waals surface area contributed by atoms with E-state index in [1.807, 2.05) is 0 Å². The molecule has 0 aliphatic carbocycles. The van der Waals surface area contributed by atoms with Crippen LogP contribution in [0, 0.1) is 0 Å². The van der Waals surface area contributed by atoms with Crippen LogP contribution >= 0.6 is 15.2 Å². The Kier molecular flexibility index (Phi) is 27.2. The van der Waals surface area contributed by atoms with Gasteiger partial charge in [-0.1, -0.05) is 104 Å². The molecule has 1 rings (SSSR count). The summed E-state index contributed by atoms with van der Waals surface area (Å²) in [7, 11) is -5.38. The molecule has 0 bridgehead atoms. The van der Waals surface area contributed by atoms with Gasteiger partial charge in [0, 0.05) is 0 Å². The van der Waals surface area contributed by atoms with Gasteiger partial charge in [-0.3, -0.25) is 9.13 Å². The minimum atomic E-state index is -3.88. The van der Waals surface area contributed by atoms with E-state index in [-0.39, 0.29) is 49.1 Å². The van der Waals surface area contributed by atoms with Crippen molar-refractivity contribution in [2.75, 3.05) is 40.6 Å². The van der Waals surface area contributed by atoms with E-state index >= 15 is 0 Å². The van der Waals surface area contributed by atoms with Gasteiger partial charge in [-0.25, -0.2) is 9.59 Å². The lowest BCUT2D eigenvalue weighted by molar-refractivity contribution is 0.0553. The second-order valence-electron chi connectivity index (χ2n) is 13.3. The molecule has 0 fully saturated rings. The van der Waals surface area contributed by atoms with E-state index in [1.54, 1.807) is 27.7 Å². The van der Waals surface area contributed by atoms with Crippen LogP contribution in [-0.2, 0) is 36.7 Å². The van der Waals surface area contributed by atoms with Gasteiger partial charge in [0.25, 0.3) is 0 Å². The molecule has 0 saturated heterocycles. The number of ether oxygens (including phenoxy) is 4. The Hall–Kier alpha value is -1.94. The fraction of sp³-hybridized carbons (Fsp3) is 0.800. The van der Waals surface area contributed by atoms with Crippen molar-refractivity contribution in [2.24, 2.45) is 0 Å².